The SMILES string of the molecule is COc1ccc(OCC(=O)NCCOc2cccc(C)c2)c(C(N)=O)c1. The molecule has 26 heavy (non-hydrogen) atoms. The normalized spacial score (nSPS) is 10.1. The number of rotatable bonds is 9. The molecule has 0 aliphatic heterocycles. The zero-order chi connectivity index (χ0) is 18.9. The average molecular weight is 358 g/mol. The molecule has 0 saturated heterocycles. The summed E-state index contributed by atoms with van der Waals surface area (Å²) in [4.78, 5) is 23.3. The van der Waals surface area contributed by atoms with Crippen LogP contribution in [0.3, 0.4) is 0 Å². The van der Waals surface area contributed by atoms with Gasteiger partial charge in [0.05, 0.1) is 19.2 Å². The highest BCUT2D eigenvalue weighted by Crippen LogP contribution is 2.23. The second-order valence-electron chi connectivity index (χ2n) is 5.53. The van der Waals surface area contributed by atoms with Crippen molar-refractivity contribution in [2.45, 2.75) is 6.92 Å². The number of ether oxygens (including phenoxy) is 3. The number of amides is 2. The molecule has 7 nitrogen and oxygen atoms in total. The summed E-state index contributed by atoms with van der Waals surface area (Å²) in [5, 5.41) is 2.68. The molecule has 138 valence electrons. The minimum Gasteiger partial charge on any atom is -0.497 e. The number of carbonyl (C=O) groups excluding carboxylic acids is 2. The van der Waals surface area contributed by atoms with Crippen molar-refractivity contribution in [3.63, 3.8) is 0 Å². The van der Waals surface area contributed by atoms with E-state index in [1.54, 1.807) is 6.07 Å². The van der Waals surface area contributed by atoms with Crippen molar-refractivity contribution in [3.05, 3.63) is 53.6 Å². The van der Waals surface area contributed by atoms with Crippen LogP contribution in [0.25, 0.3) is 0 Å². The summed E-state index contributed by atoms with van der Waals surface area (Å²) in [6.45, 7) is 2.41. The molecule has 0 saturated carbocycles. The molecule has 0 atom stereocenters. The number of benzene rings is 2. The lowest BCUT2D eigenvalue weighted by Gasteiger charge is -2.11. The molecule has 2 amide bonds. The second-order valence-corrected chi connectivity index (χ2v) is 5.53. The summed E-state index contributed by atoms with van der Waals surface area (Å²) in [5.74, 6) is 0.461. The van der Waals surface area contributed by atoms with Crippen molar-refractivity contribution in [1.82, 2.24) is 5.32 Å². The second kappa shape index (κ2) is 9.31. The van der Waals surface area contributed by atoms with Gasteiger partial charge in [0.2, 0.25) is 0 Å². The first-order valence-electron chi connectivity index (χ1n) is 8.06. The minimum atomic E-state index is -0.661. The van der Waals surface area contributed by atoms with Gasteiger partial charge in [0.15, 0.2) is 6.61 Å². The van der Waals surface area contributed by atoms with Gasteiger partial charge in [-0.15, -0.1) is 0 Å². The highest BCUT2D eigenvalue weighted by Gasteiger charge is 2.12. The number of hydrogen-bond donors (Lipinski definition) is 2. The van der Waals surface area contributed by atoms with Gasteiger partial charge in [0.1, 0.15) is 23.9 Å². The molecule has 2 aromatic carbocycles. The third-order valence-electron chi connectivity index (χ3n) is 3.49. The Hall–Kier alpha value is -3.22. The van der Waals surface area contributed by atoms with Gasteiger partial charge >= 0.3 is 0 Å². The van der Waals surface area contributed by atoms with Gasteiger partial charge in [-0.05, 0) is 42.8 Å². The topological polar surface area (TPSA) is 99.9 Å². The molecular weight excluding hydrogens is 336 g/mol. The fraction of sp³-hybridized carbons (Fsp3) is 0.263. The van der Waals surface area contributed by atoms with Crippen LogP contribution in [0.4, 0.5) is 0 Å². The smallest absolute Gasteiger partial charge is 0.258 e. The maximum absolute atomic E-state index is 11.9. The van der Waals surface area contributed by atoms with Crippen LogP contribution in [0.1, 0.15) is 15.9 Å². The van der Waals surface area contributed by atoms with Crippen LogP contribution in [-0.2, 0) is 4.79 Å². The van der Waals surface area contributed by atoms with E-state index in [2.05, 4.69) is 5.32 Å². The molecule has 2 aromatic rings. The zero-order valence-electron chi connectivity index (χ0n) is 14.8. The molecule has 0 unspecified atom stereocenters. The Labute approximate surface area is 152 Å². The molecule has 0 aliphatic rings. The van der Waals surface area contributed by atoms with Crippen LogP contribution in [0.15, 0.2) is 42.5 Å². The first-order chi connectivity index (χ1) is 12.5. The van der Waals surface area contributed by atoms with Crippen molar-refractivity contribution in [2.75, 3.05) is 26.9 Å². The quantitative estimate of drug-likeness (QED) is 0.664. The van der Waals surface area contributed by atoms with Crippen molar-refractivity contribution >= 4 is 11.8 Å². The van der Waals surface area contributed by atoms with E-state index in [9.17, 15) is 9.59 Å². The largest absolute Gasteiger partial charge is 0.497 e. The Morgan fingerprint density at radius 1 is 1.08 bits per heavy atom. The van der Waals surface area contributed by atoms with E-state index in [-0.39, 0.29) is 23.8 Å². The van der Waals surface area contributed by atoms with Gasteiger partial charge in [-0.1, -0.05) is 12.1 Å². The van der Waals surface area contributed by atoms with E-state index in [0.717, 1.165) is 11.3 Å². The third kappa shape index (κ3) is 5.70. The predicted molar refractivity (Wildman–Crippen MR) is 96.7 cm³/mol. The Morgan fingerprint density at radius 3 is 2.58 bits per heavy atom. The van der Waals surface area contributed by atoms with Gasteiger partial charge in [0.25, 0.3) is 11.8 Å². The Balaban J connectivity index is 1.77. The number of hydrogen-bond acceptors (Lipinski definition) is 5. The summed E-state index contributed by atoms with van der Waals surface area (Å²) in [5.41, 5.74) is 6.57. The van der Waals surface area contributed by atoms with E-state index in [0.29, 0.717) is 18.9 Å². The maximum Gasteiger partial charge on any atom is 0.258 e. The molecule has 0 aromatic heterocycles. The monoisotopic (exact) mass is 358 g/mol. The molecule has 0 spiro atoms. The van der Waals surface area contributed by atoms with Crippen LogP contribution < -0.4 is 25.3 Å². The minimum absolute atomic E-state index is 0.153. The Kier molecular flexibility index (Phi) is 6.84. The lowest BCUT2D eigenvalue weighted by atomic mass is 10.2. The van der Waals surface area contributed by atoms with Crippen LogP contribution >= 0.6 is 0 Å². The van der Waals surface area contributed by atoms with Crippen LogP contribution in [0, 0.1) is 6.92 Å². The maximum atomic E-state index is 11.9. The summed E-state index contributed by atoms with van der Waals surface area (Å²) in [7, 11) is 1.48. The predicted octanol–water partition coefficient (Wildman–Crippen LogP) is 1.68. The first kappa shape index (κ1) is 19.1. The standard InChI is InChI=1S/C19H22N2O5/c1-13-4-3-5-15(10-13)25-9-8-21-18(22)12-26-17-7-6-14(24-2)11-16(17)19(20)23/h3-7,10-11H,8-9,12H2,1-2H3,(H2,20,23)(H,21,22). The Bertz CT molecular complexity index is 776. The molecule has 3 N–H and O–H groups in total. The first-order valence-corrected chi connectivity index (χ1v) is 8.06. The number of nitrogens with one attached hydrogen (secondary N) is 1. The molecule has 2 rings (SSSR count). The number of primary amides is 1. The van der Waals surface area contributed by atoms with E-state index < -0.39 is 5.91 Å². The zero-order valence-corrected chi connectivity index (χ0v) is 14.8. The van der Waals surface area contributed by atoms with Crippen molar-refractivity contribution in [2.24, 2.45) is 5.73 Å². The summed E-state index contributed by atoms with van der Waals surface area (Å²) in [6, 6.07) is 12.3. The lowest BCUT2D eigenvalue weighted by molar-refractivity contribution is -0.123. The number of aryl methyl sites for hydroxylation is 1. The Morgan fingerprint density at radius 2 is 1.88 bits per heavy atom. The van der Waals surface area contributed by atoms with E-state index in [1.165, 1.54) is 19.2 Å². The van der Waals surface area contributed by atoms with E-state index >= 15 is 0 Å². The number of methoxy groups -OCH3 is 1. The van der Waals surface area contributed by atoms with E-state index in [1.807, 2.05) is 31.2 Å². The molecule has 0 heterocycles. The molecule has 0 bridgehead atoms. The summed E-state index contributed by atoms with van der Waals surface area (Å²) in [6.07, 6.45) is 0. The van der Waals surface area contributed by atoms with Gasteiger partial charge in [0, 0.05) is 0 Å². The van der Waals surface area contributed by atoms with Crippen LogP contribution in [0.2, 0.25) is 0 Å². The highest BCUT2D eigenvalue weighted by molar-refractivity contribution is 5.96. The molecular formula is C19H22N2O5. The molecule has 0 aliphatic carbocycles. The fourth-order valence-electron chi connectivity index (χ4n) is 2.21. The summed E-state index contributed by atoms with van der Waals surface area (Å²) >= 11 is 0. The summed E-state index contributed by atoms with van der Waals surface area (Å²) < 4.78 is 16.0. The van der Waals surface area contributed by atoms with Gasteiger partial charge < -0.3 is 25.3 Å². The van der Waals surface area contributed by atoms with Gasteiger partial charge in [-0.2, -0.15) is 0 Å². The molecule has 0 radical (unpaired) electrons. The average Bonchev–Trinajstić information content (AvgIpc) is 2.63. The highest BCUT2D eigenvalue weighted by atomic mass is 16.5. The number of nitrogens with two attached hydrogens (primary N) is 1. The van der Waals surface area contributed by atoms with Crippen LogP contribution in [-0.4, -0.2) is 38.7 Å². The van der Waals surface area contributed by atoms with Crippen molar-refractivity contribution in [1.29, 1.82) is 0 Å². The number of carbonyl (C=O) groups is 2. The van der Waals surface area contributed by atoms with Gasteiger partial charge in [-0.3, -0.25) is 9.59 Å². The van der Waals surface area contributed by atoms with Crippen molar-refractivity contribution in [3.8, 4) is 17.2 Å². The van der Waals surface area contributed by atoms with Crippen molar-refractivity contribution < 1.29 is 23.8 Å². The van der Waals surface area contributed by atoms with Gasteiger partial charge in [-0.25, -0.2) is 0 Å². The molecule has 0 fully saturated rings. The van der Waals surface area contributed by atoms with E-state index in [4.69, 9.17) is 19.9 Å². The third-order valence-corrected chi connectivity index (χ3v) is 3.49. The fourth-order valence-corrected chi connectivity index (χ4v) is 2.21. The lowest BCUT2D eigenvalue weighted by Crippen LogP contribution is -2.32. The molecule has 7 heteroatoms. The van der Waals surface area contributed by atoms with Crippen LogP contribution in [0.5, 0.6) is 17.2 Å².